The van der Waals surface area contributed by atoms with Crippen LogP contribution >= 0.6 is 0 Å². The van der Waals surface area contributed by atoms with Crippen LogP contribution in [0.15, 0.2) is 66.5 Å². The fraction of sp³-hybridized carbons (Fsp3) is 0.222. The predicted octanol–water partition coefficient (Wildman–Crippen LogP) is 3.55. The highest BCUT2D eigenvalue weighted by atomic mass is 19.1. The number of piperazine rings is 1. The summed E-state index contributed by atoms with van der Waals surface area (Å²) in [5, 5.41) is 11.0. The molecule has 1 amide bonds. The smallest absolute Gasteiger partial charge is 0.354 e. The van der Waals surface area contributed by atoms with Crippen molar-refractivity contribution < 1.29 is 19.0 Å². The number of aromatic nitrogens is 2. The third-order valence-electron chi connectivity index (χ3n) is 6.63. The minimum absolute atomic E-state index is 0.00246. The second-order valence-electron chi connectivity index (χ2n) is 8.83. The van der Waals surface area contributed by atoms with Crippen LogP contribution in [0.25, 0.3) is 28.2 Å². The summed E-state index contributed by atoms with van der Waals surface area (Å²) in [5.41, 5.74) is 0.260. The number of fused-ring (bicyclic) bond motifs is 2. The van der Waals surface area contributed by atoms with Crippen LogP contribution in [0.3, 0.4) is 0 Å². The molecule has 2 atom stereocenters. The quantitative estimate of drug-likeness (QED) is 0.447. The highest BCUT2D eigenvalue weighted by molar-refractivity contribution is 6.00. The van der Waals surface area contributed by atoms with Gasteiger partial charge >= 0.3 is 5.69 Å². The van der Waals surface area contributed by atoms with Crippen molar-refractivity contribution in [3.8, 4) is 22.6 Å². The average Bonchev–Trinajstić information content (AvgIpc) is 3.00. The van der Waals surface area contributed by atoms with E-state index in [1.54, 1.807) is 23.1 Å². The van der Waals surface area contributed by atoms with Crippen LogP contribution < -0.4 is 15.3 Å². The van der Waals surface area contributed by atoms with Gasteiger partial charge in [-0.2, -0.15) is 4.98 Å². The fourth-order valence-corrected chi connectivity index (χ4v) is 4.92. The van der Waals surface area contributed by atoms with E-state index in [0.717, 1.165) is 0 Å². The molecule has 36 heavy (non-hydrogen) atoms. The molecule has 9 heteroatoms. The molecule has 5 rings (SSSR count). The van der Waals surface area contributed by atoms with Crippen molar-refractivity contribution in [2.45, 2.75) is 19.0 Å². The maximum atomic E-state index is 14.8. The van der Waals surface area contributed by atoms with E-state index < -0.39 is 11.5 Å². The lowest BCUT2D eigenvalue weighted by Gasteiger charge is -2.44. The van der Waals surface area contributed by atoms with Gasteiger partial charge in [-0.3, -0.25) is 9.36 Å². The molecule has 2 aliphatic rings. The SMILES string of the molecule is C=C/C=C/n1c(=O)nc2c3c(cc(-c4c(O)cccc4F)cc31)OC[C@@H]1CN(C(=O)C=C)[C@H](C)CN21. The third-order valence-corrected chi connectivity index (χ3v) is 6.63. The monoisotopic (exact) mass is 488 g/mol. The molecular formula is C27H25FN4O4. The Morgan fingerprint density at radius 2 is 2.08 bits per heavy atom. The van der Waals surface area contributed by atoms with E-state index in [9.17, 15) is 19.1 Å². The Hall–Kier alpha value is -4.40. The van der Waals surface area contributed by atoms with Gasteiger partial charge in [-0.1, -0.05) is 25.3 Å². The first-order valence-corrected chi connectivity index (χ1v) is 11.5. The first kappa shape index (κ1) is 23.3. The zero-order valence-electron chi connectivity index (χ0n) is 19.7. The van der Waals surface area contributed by atoms with Crippen LogP contribution in [0.5, 0.6) is 11.5 Å². The standard InChI is InChI=1S/C27H25FN4O4/c1-4-6-10-30-20-11-17(24-19(28)8-7-9-21(24)33)12-22-25(20)26(29-27(30)35)32-13-16(3)31(23(34)5-2)14-18(32)15-36-22/h4-12,16,18,33H,1-2,13-15H2,3H3/b10-6+/t16-,18+/m1/s1. The molecule has 0 aliphatic carbocycles. The van der Waals surface area contributed by atoms with Gasteiger partial charge in [-0.25, -0.2) is 9.18 Å². The molecular weight excluding hydrogens is 463 g/mol. The molecule has 2 aliphatic heterocycles. The van der Waals surface area contributed by atoms with Gasteiger partial charge in [0.05, 0.1) is 22.5 Å². The topological polar surface area (TPSA) is 87.9 Å². The highest BCUT2D eigenvalue weighted by Crippen LogP contribution is 2.42. The molecule has 0 saturated carbocycles. The van der Waals surface area contributed by atoms with Crippen LogP contribution in [-0.2, 0) is 4.79 Å². The van der Waals surface area contributed by atoms with Crippen molar-refractivity contribution in [3.05, 3.63) is 78.0 Å². The molecule has 8 nitrogen and oxygen atoms in total. The Bertz CT molecular complexity index is 1480. The summed E-state index contributed by atoms with van der Waals surface area (Å²) in [6, 6.07) is 6.94. The molecule has 0 bridgehead atoms. The Balaban J connectivity index is 1.77. The number of hydrogen-bond donors (Lipinski definition) is 1. The van der Waals surface area contributed by atoms with Crippen LogP contribution in [-0.4, -0.2) is 57.2 Å². The third kappa shape index (κ3) is 3.73. The number of carbonyl (C=O) groups excluding carboxylic acids is 1. The van der Waals surface area contributed by atoms with Crippen LogP contribution in [0, 0.1) is 5.82 Å². The van der Waals surface area contributed by atoms with E-state index in [1.807, 2.05) is 11.8 Å². The zero-order chi connectivity index (χ0) is 25.6. The van der Waals surface area contributed by atoms with Gasteiger partial charge in [0.1, 0.15) is 29.7 Å². The lowest BCUT2D eigenvalue weighted by molar-refractivity contribution is -0.129. The maximum absolute atomic E-state index is 14.8. The van der Waals surface area contributed by atoms with Gasteiger partial charge in [0.25, 0.3) is 0 Å². The number of halogens is 1. The molecule has 1 aromatic heterocycles. The molecule has 1 saturated heterocycles. The highest BCUT2D eigenvalue weighted by Gasteiger charge is 2.38. The molecule has 3 heterocycles. The number of hydrogen-bond acceptors (Lipinski definition) is 6. The number of amides is 1. The largest absolute Gasteiger partial charge is 0.507 e. The van der Waals surface area contributed by atoms with Crippen molar-refractivity contribution in [2.75, 3.05) is 24.6 Å². The second kappa shape index (κ2) is 8.99. The molecule has 1 fully saturated rings. The Labute approximate surface area is 206 Å². The summed E-state index contributed by atoms with van der Waals surface area (Å²) in [4.78, 5) is 33.8. The van der Waals surface area contributed by atoms with Gasteiger partial charge in [0, 0.05) is 25.3 Å². The molecule has 0 spiro atoms. The molecule has 0 radical (unpaired) electrons. The number of ether oxygens (including phenoxy) is 1. The zero-order valence-corrected chi connectivity index (χ0v) is 19.7. The number of phenols is 1. The number of phenolic OH excluding ortho intramolecular Hbond substituents is 1. The van der Waals surface area contributed by atoms with Crippen molar-refractivity contribution in [2.24, 2.45) is 0 Å². The lowest BCUT2D eigenvalue weighted by Crippen LogP contribution is -2.60. The molecule has 3 aromatic rings. The minimum atomic E-state index is -0.607. The average molecular weight is 489 g/mol. The van der Waals surface area contributed by atoms with Crippen molar-refractivity contribution in [1.29, 1.82) is 0 Å². The Morgan fingerprint density at radius 1 is 1.28 bits per heavy atom. The molecule has 2 aromatic carbocycles. The number of allylic oxidation sites excluding steroid dienone is 2. The predicted molar refractivity (Wildman–Crippen MR) is 137 cm³/mol. The lowest BCUT2D eigenvalue weighted by atomic mass is 10.0. The molecule has 1 N–H and O–H groups in total. The van der Waals surface area contributed by atoms with E-state index >= 15 is 0 Å². The number of benzene rings is 2. The van der Waals surface area contributed by atoms with E-state index in [-0.39, 0.29) is 35.9 Å². The summed E-state index contributed by atoms with van der Waals surface area (Å²) in [5.74, 6) is -0.173. The van der Waals surface area contributed by atoms with Gasteiger partial charge in [-0.05, 0) is 48.9 Å². The van der Waals surface area contributed by atoms with Crippen molar-refractivity contribution in [3.63, 3.8) is 0 Å². The fourth-order valence-electron chi connectivity index (χ4n) is 4.92. The normalized spacial score (nSPS) is 19.1. The first-order chi connectivity index (χ1) is 17.3. The van der Waals surface area contributed by atoms with Crippen LogP contribution in [0.4, 0.5) is 10.2 Å². The van der Waals surface area contributed by atoms with E-state index in [1.165, 1.54) is 41.1 Å². The maximum Gasteiger partial charge on any atom is 0.354 e. The van der Waals surface area contributed by atoms with E-state index in [2.05, 4.69) is 18.1 Å². The first-order valence-electron chi connectivity index (χ1n) is 11.5. The number of anilines is 1. The van der Waals surface area contributed by atoms with Crippen molar-refractivity contribution >= 4 is 28.8 Å². The van der Waals surface area contributed by atoms with Gasteiger partial charge in [-0.15, -0.1) is 0 Å². The van der Waals surface area contributed by atoms with Crippen LogP contribution in [0.1, 0.15) is 6.92 Å². The second-order valence-corrected chi connectivity index (χ2v) is 8.83. The van der Waals surface area contributed by atoms with Gasteiger partial charge in [0.2, 0.25) is 5.91 Å². The number of nitrogens with zero attached hydrogens (tertiary/aromatic N) is 4. The summed E-state index contributed by atoms with van der Waals surface area (Å²) in [6.45, 7) is 10.2. The molecule has 0 unspecified atom stereocenters. The number of rotatable bonds is 4. The summed E-state index contributed by atoms with van der Waals surface area (Å²) >= 11 is 0. The Kier molecular flexibility index (Phi) is 5.83. The van der Waals surface area contributed by atoms with Crippen LogP contribution in [0.2, 0.25) is 0 Å². The van der Waals surface area contributed by atoms with Crippen molar-refractivity contribution in [1.82, 2.24) is 14.5 Å². The number of aromatic hydroxyl groups is 1. The Morgan fingerprint density at radius 3 is 2.81 bits per heavy atom. The van der Waals surface area contributed by atoms with E-state index in [0.29, 0.717) is 41.1 Å². The minimum Gasteiger partial charge on any atom is -0.507 e. The summed E-state index contributed by atoms with van der Waals surface area (Å²) in [6.07, 6.45) is 5.94. The van der Waals surface area contributed by atoms with Gasteiger partial charge in [0.15, 0.2) is 0 Å². The van der Waals surface area contributed by atoms with Gasteiger partial charge < -0.3 is 19.6 Å². The summed E-state index contributed by atoms with van der Waals surface area (Å²) < 4.78 is 22.4. The summed E-state index contributed by atoms with van der Waals surface area (Å²) in [7, 11) is 0. The number of carbonyl (C=O) groups is 1. The van der Waals surface area contributed by atoms with E-state index in [4.69, 9.17) is 4.74 Å². The molecule has 184 valence electrons.